The summed E-state index contributed by atoms with van der Waals surface area (Å²) >= 11 is 0. The maximum Gasteiger partial charge on any atom is 0.126 e. The number of benzene rings is 1. The Morgan fingerprint density at radius 1 is 1.19 bits per heavy atom. The molecular weight excluding hydrogens is 201 g/mol. The minimum Gasteiger partial charge on any atom is -0.315 e. The van der Waals surface area contributed by atoms with E-state index in [-0.39, 0.29) is 5.82 Å². The molecule has 1 unspecified atom stereocenters. The fraction of sp³-hybridized carbons (Fsp3) is 0.571. The van der Waals surface area contributed by atoms with Crippen molar-refractivity contribution < 1.29 is 4.39 Å². The summed E-state index contributed by atoms with van der Waals surface area (Å²) in [5.74, 6) is 0.439. The van der Waals surface area contributed by atoms with Crippen LogP contribution in [-0.4, -0.2) is 12.6 Å². The van der Waals surface area contributed by atoms with Gasteiger partial charge in [0, 0.05) is 6.04 Å². The highest BCUT2D eigenvalue weighted by Crippen LogP contribution is 2.14. The molecular formula is C14H22FN. The van der Waals surface area contributed by atoms with E-state index in [0.717, 1.165) is 24.9 Å². The van der Waals surface area contributed by atoms with Crippen molar-refractivity contribution in [2.75, 3.05) is 6.54 Å². The van der Waals surface area contributed by atoms with Crippen LogP contribution in [0.4, 0.5) is 4.39 Å². The highest BCUT2D eigenvalue weighted by atomic mass is 19.1. The predicted molar refractivity (Wildman–Crippen MR) is 67.0 cm³/mol. The van der Waals surface area contributed by atoms with Crippen molar-refractivity contribution in [3.8, 4) is 0 Å². The summed E-state index contributed by atoms with van der Waals surface area (Å²) in [5.41, 5.74) is 0.833. The minimum absolute atomic E-state index is 0.0776. The van der Waals surface area contributed by atoms with Crippen molar-refractivity contribution in [3.05, 3.63) is 35.6 Å². The summed E-state index contributed by atoms with van der Waals surface area (Å²) in [4.78, 5) is 0. The summed E-state index contributed by atoms with van der Waals surface area (Å²) in [6.45, 7) is 7.46. The Hall–Kier alpha value is -0.890. The molecule has 0 saturated carbocycles. The Morgan fingerprint density at radius 3 is 2.50 bits per heavy atom. The lowest BCUT2D eigenvalue weighted by Crippen LogP contribution is -2.25. The molecule has 0 aromatic heterocycles. The monoisotopic (exact) mass is 223 g/mol. The van der Waals surface area contributed by atoms with Crippen LogP contribution in [0.25, 0.3) is 0 Å². The average Bonchev–Trinajstić information content (AvgIpc) is 2.21. The van der Waals surface area contributed by atoms with Gasteiger partial charge in [0.25, 0.3) is 0 Å². The predicted octanol–water partition coefficient (Wildman–Crippen LogP) is 3.39. The lowest BCUT2D eigenvalue weighted by atomic mass is 9.98. The topological polar surface area (TPSA) is 12.0 Å². The van der Waals surface area contributed by atoms with Crippen molar-refractivity contribution in [1.29, 1.82) is 0 Å². The molecule has 1 rings (SSSR count). The first kappa shape index (κ1) is 13.2. The summed E-state index contributed by atoms with van der Waals surface area (Å²) in [6.07, 6.45) is 1.92. The Bertz CT molecular complexity index is 309. The second kappa shape index (κ2) is 6.64. The Kier molecular flexibility index (Phi) is 5.47. The molecule has 0 radical (unpaired) electrons. The van der Waals surface area contributed by atoms with Gasteiger partial charge in [-0.3, -0.25) is 0 Å². The van der Waals surface area contributed by atoms with E-state index in [0.29, 0.717) is 12.0 Å². The third kappa shape index (κ3) is 4.75. The normalized spacial score (nSPS) is 13.1. The van der Waals surface area contributed by atoms with E-state index >= 15 is 0 Å². The van der Waals surface area contributed by atoms with Crippen LogP contribution in [0.15, 0.2) is 24.3 Å². The van der Waals surface area contributed by atoms with E-state index in [4.69, 9.17) is 0 Å². The molecule has 0 spiro atoms. The van der Waals surface area contributed by atoms with Gasteiger partial charge >= 0.3 is 0 Å². The van der Waals surface area contributed by atoms with E-state index in [2.05, 4.69) is 26.1 Å². The molecule has 1 atom stereocenters. The summed E-state index contributed by atoms with van der Waals surface area (Å²) in [7, 11) is 0. The number of nitrogens with one attached hydrogen (secondary N) is 1. The fourth-order valence-electron chi connectivity index (χ4n) is 1.76. The van der Waals surface area contributed by atoms with Crippen molar-refractivity contribution in [2.45, 2.75) is 39.7 Å². The van der Waals surface area contributed by atoms with Crippen LogP contribution in [0.2, 0.25) is 0 Å². The van der Waals surface area contributed by atoms with Crippen LogP contribution in [-0.2, 0) is 6.42 Å². The van der Waals surface area contributed by atoms with Gasteiger partial charge < -0.3 is 5.32 Å². The van der Waals surface area contributed by atoms with E-state index in [1.165, 1.54) is 6.07 Å². The maximum atomic E-state index is 13.4. The first-order valence-corrected chi connectivity index (χ1v) is 6.06. The van der Waals surface area contributed by atoms with Crippen molar-refractivity contribution in [2.24, 2.45) is 5.92 Å². The molecule has 90 valence electrons. The van der Waals surface area contributed by atoms with E-state index < -0.39 is 0 Å². The van der Waals surface area contributed by atoms with Crippen molar-refractivity contribution in [1.82, 2.24) is 5.32 Å². The third-order valence-corrected chi connectivity index (χ3v) is 2.72. The zero-order valence-corrected chi connectivity index (χ0v) is 10.5. The standard InChI is InChI=1S/C14H22FN/c1-11(2)16-9-8-12(3)10-13-6-4-5-7-14(13)15/h4-7,11-12,16H,8-10H2,1-3H3. The van der Waals surface area contributed by atoms with Crippen LogP contribution < -0.4 is 5.32 Å². The van der Waals surface area contributed by atoms with E-state index in [1.54, 1.807) is 6.07 Å². The highest BCUT2D eigenvalue weighted by molar-refractivity contribution is 5.17. The molecule has 0 aliphatic heterocycles. The molecule has 1 nitrogen and oxygen atoms in total. The molecule has 1 aromatic rings. The van der Waals surface area contributed by atoms with Gasteiger partial charge in [-0.1, -0.05) is 39.0 Å². The summed E-state index contributed by atoms with van der Waals surface area (Å²) in [5, 5.41) is 3.38. The molecule has 0 fully saturated rings. The maximum absolute atomic E-state index is 13.4. The fourth-order valence-corrected chi connectivity index (χ4v) is 1.76. The molecule has 0 bridgehead atoms. The zero-order valence-electron chi connectivity index (χ0n) is 10.5. The molecule has 1 aromatic carbocycles. The average molecular weight is 223 g/mol. The van der Waals surface area contributed by atoms with Gasteiger partial charge in [-0.25, -0.2) is 4.39 Å². The van der Waals surface area contributed by atoms with Crippen LogP contribution >= 0.6 is 0 Å². The van der Waals surface area contributed by atoms with Crippen molar-refractivity contribution in [3.63, 3.8) is 0 Å². The molecule has 0 aliphatic rings. The van der Waals surface area contributed by atoms with Crippen LogP contribution in [0.1, 0.15) is 32.8 Å². The molecule has 1 N–H and O–H groups in total. The molecule has 0 amide bonds. The van der Waals surface area contributed by atoms with Gasteiger partial charge in [-0.05, 0) is 36.9 Å². The minimum atomic E-state index is -0.0776. The Labute approximate surface area is 98.1 Å². The van der Waals surface area contributed by atoms with E-state index in [9.17, 15) is 4.39 Å². The van der Waals surface area contributed by atoms with Crippen LogP contribution in [0.3, 0.4) is 0 Å². The Morgan fingerprint density at radius 2 is 1.88 bits per heavy atom. The third-order valence-electron chi connectivity index (χ3n) is 2.72. The lowest BCUT2D eigenvalue weighted by molar-refractivity contribution is 0.468. The second-order valence-corrected chi connectivity index (χ2v) is 4.80. The second-order valence-electron chi connectivity index (χ2n) is 4.80. The summed E-state index contributed by atoms with van der Waals surface area (Å²) in [6, 6.07) is 7.58. The lowest BCUT2D eigenvalue weighted by Gasteiger charge is -2.14. The van der Waals surface area contributed by atoms with Gasteiger partial charge in [-0.15, -0.1) is 0 Å². The number of hydrogen-bond acceptors (Lipinski definition) is 1. The molecule has 0 saturated heterocycles. The molecule has 0 heterocycles. The van der Waals surface area contributed by atoms with Gasteiger partial charge in [0.1, 0.15) is 5.82 Å². The number of rotatable bonds is 6. The van der Waals surface area contributed by atoms with Crippen LogP contribution in [0, 0.1) is 11.7 Å². The van der Waals surface area contributed by atoms with Gasteiger partial charge in [-0.2, -0.15) is 0 Å². The molecule has 2 heteroatoms. The van der Waals surface area contributed by atoms with Crippen LogP contribution in [0.5, 0.6) is 0 Å². The first-order valence-electron chi connectivity index (χ1n) is 6.06. The SMILES string of the molecule is CC(CCNC(C)C)Cc1ccccc1F. The van der Waals surface area contributed by atoms with Gasteiger partial charge in [0.2, 0.25) is 0 Å². The zero-order chi connectivity index (χ0) is 12.0. The molecule has 16 heavy (non-hydrogen) atoms. The molecule has 0 aliphatic carbocycles. The number of hydrogen-bond donors (Lipinski definition) is 1. The largest absolute Gasteiger partial charge is 0.315 e. The highest BCUT2D eigenvalue weighted by Gasteiger charge is 2.07. The van der Waals surface area contributed by atoms with Gasteiger partial charge in [0.15, 0.2) is 0 Å². The van der Waals surface area contributed by atoms with Crippen molar-refractivity contribution >= 4 is 0 Å². The first-order chi connectivity index (χ1) is 7.59. The Balaban J connectivity index is 2.34. The number of halogens is 1. The van der Waals surface area contributed by atoms with E-state index in [1.807, 2.05) is 12.1 Å². The quantitative estimate of drug-likeness (QED) is 0.779. The van der Waals surface area contributed by atoms with Gasteiger partial charge in [0.05, 0.1) is 0 Å². The smallest absolute Gasteiger partial charge is 0.126 e. The summed E-state index contributed by atoms with van der Waals surface area (Å²) < 4.78 is 13.4.